The number of nitrogens with zero attached hydrogens (tertiary/aromatic N) is 4. The highest BCUT2D eigenvalue weighted by atomic mass is 16.1. The zero-order valence-corrected chi connectivity index (χ0v) is 22.2. The Kier molecular flexibility index (Phi) is 6.58. The Hall–Kier alpha value is -3.77. The van der Waals surface area contributed by atoms with Gasteiger partial charge in [0.2, 0.25) is 5.82 Å². The first-order valence-electron chi connectivity index (χ1n) is 13.6. The Morgan fingerprint density at radius 3 is 1.89 bits per heavy atom. The fourth-order valence-corrected chi connectivity index (χ4v) is 6.54. The number of aromatic nitrogens is 3. The van der Waals surface area contributed by atoms with E-state index in [-0.39, 0.29) is 5.82 Å². The minimum absolute atomic E-state index is 0.0328. The molecule has 4 aromatic rings. The lowest BCUT2D eigenvalue weighted by atomic mass is 9.94. The van der Waals surface area contributed by atoms with Crippen molar-refractivity contribution >= 4 is 5.91 Å². The van der Waals surface area contributed by atoms with Crippen LogP contribution in [0.2, 0.25) is 0 Å². The summed E-state index contributed by atoms with van der Waals surface area (Å²) in [6.07, 6.45) is 4.87. The molecule has 1 saturated carbocycles. The van der Waals surface area contributed by atoms with Crippen molar-refractivity contribution in [1.29, 1.82) is 0 Å². The molecule has 0 bridgehead atoms. The molecular weight excluding hydrogens is 470 g/mol. The van der Waals surface area contributed by atoms with Crippen LogP contribution < -0.4 is 5.73 Å². The second-order valence-corrected chi connectivity index (χ2v) is 11.3. The van der Waals surface area contributed by atoms with E-state index in [2.05, 4.69) is 82.7 Å². The van der Waals surface area contributed by atoms with Gasteiger partial charge in [0.1, 0.15) is 5.82 Å². The molecule has 2 fully saturated rings. The largest absolute Gasteiger partial charge is 0.363 e. The number of likely N-dealkylation sites (tertiary alicyclic amines) is 1. The molecule has 0 radical (unpaired) electrons. The van der Waals surface area contributed by atoms with Crippen molar-refractivity contribution in [3.05, 3.63) is 101 Å². The van der Waals surface area contributed by atoms with E-state index in [9.17, 15) is 4.79 Å². The Bertz CT molecular complexity index is 1410. The van der Waals surface area contributed by atoms with Gasteiger partial charge in [-0.1, -0.05) is 60.7 Å². The monoisotopic (exact) mass is 505 g/mol. The van der Waals surface area contributed by atoms with Crippen molar-refractivity contribution < 1.29 is 4.79 Å². The van der Waals surface area contributed by atoms with Crippen molar-refractivity contribution in [1.82, 2.24) is 19.7 Å². The zero-order valence-electron chi connectivity index (χ0n) is 22.2. The van der Waals surface area contributed by atoms with E-state index in [4.69, 9.17) is 5.73 Å². The molecule has 3 aromatic carbocycles. The van der Waals surface area contributed by atoms with Crippen molar-refractivity contribution in [2.75, 3.05) is 20.1 Å². The number of carbonyl (C=O) groups is 1. The van der Waals surface area contributed by atoms with Crippen LogP contribution in [0.3, 0.4) is 0 Å². The molecule has 3 atom stereocenters. The van der Waals surface area contributed by atoms with E-state index < -0.39 is 5.91 Å². The van der Waals surface area contributed by atoms with E-state index in [1.807, 2.05) is 12.1 Å². The predicted octanol–water partition coefficient (Wildman–Crippen LogP) is 5.06. The fraction of sp³-hybridized carbons (Fsp3) is 0.344. The highest BCUT2D eigenvalue weighted by molar-refractivity contribution is 5.88. The second-order valence-electron chi connectivity index (χ2n) is 11.3. The topological polar surface area (TPSA) is 77.0 Å². The first kappa shape index (κ1) is 24.6. The Morgan fingerprint density at radius 1 is 0.842 bits per heavy atom. The summed E-state index contributed by atoms with van der Waals surface area (Å²) in [6, 6.07) is 26.2. The molecule has 6 rings (SSSR count). The average molecular weight is 506 g/mol. The van der Waals surface area contributed by atoms with Gasteiger partial charge in [0.15, 0.2) is 0 Å². The van der Waals surface area contributed by atoms with Crippen LogP contribution >= 0.6 is 0 Å². The molecule has 1 aromatic heterocycles. The van der Waals surface area contributed by atoms with E-state index in [0.717, 1.165) is 29.9 Å². The van der Waals surface area contributed by atoms with Gasteiger partial charge in [0.25, 0.3) is 5.91 Å². The lowest BCUT2D eigenvalue weighted by Gasteiger charge is -2.15. The van der Waals surface area contributed by atoms with Crippen LogP contribution in [0, 0.1) is 24.7 Å². The van der Waals surface area contributed by atoms with Gasteiger partial charge in [-0.15, -0.1) is 5.10 Å². The average Bonchev–Trinajstić information content (AvgIpc) is 3.58. The molecule has 2 aliphatic rings. The summed E-state index contributed by atoms with van der Waals surface area (Å²) in [5.41, 5.74) is 12.6. The fourth-order valence-electron chi connectivity index (χ4n) is 6.54. The highest BCUT2D eigenvalue weighted by Crippen LogP contribution is 2.42. The summed E-state index contributed by atoms with van der Waals surface area (Å²) in [5, 5.41) is 4.21. The normalized spacial score (nSPS) is 21.1. The summed E-state index contributed by atoms with van der Waals surface area (Å²) >= 11 is 0. The third kappa shape index (κ3) is 5.14. The lowest BCUT2D eigenvalue weighted by molar-refractivity contribution is 0.0990. The maximum absolute atomic E-state index is 11.4. The van der Waals surface area contributed by atoms with Gasteiger partial charge in [-0.25, -0.2) is 9.67 Å². The van der Waals surface area contributed by atoms with E-state index >= 15 is 0 Å². The minimum Gasteiger partial charge on any atom is -0.363 e. The standard InChI is InChI=1S/C32H35N5O/c1-21-34-32(31(33)38)35-37(21)30-13-7-24(8-14-30)15-22-3-9-26(10-4-22)27-11-5-23(6-12-27)16-25-17-28-19-36(2)20-29(28)18-25/h3-14,25,28-29H,15-20H2,1-2H3,(H2,33,38)/t25?,28-,29+. The van der Waals surface area contributed by atoms with E-state index in [1.54, 1.807) is 11.6 Å². The maximum Gasteiger partial charge on any atom is 0.288 e. The number of fused-ring (bicyclic) bond motifs is 1. The molecule has 194 valence electrons. The molecule has 1 aliphatic heterocycles. The van der Waals surface area contributed by atoms with Gasteiger partial charge in [0, 0.05) is 13.1 Å². The zero-order chi connectivity index (χ0) is 26.2. The number of hydrogen-bond acceptors (Lipinski definition) is 4. The van der Waals surface area contributed by atoms with Crippen LogP contribution in [-0.4, -0.2) is 45.7 Å². The van der Waals surface area contributed by atoms with Crippen molar-refractivity contribution in [2.45, 2.75) is 32.6 Å². The first-order chi connectivity index (χ1) is 18.4. The lowest BCUT2D eigenvalue weighted by Crippen LogP contribution is -2.16. The molecule has 2 heterocycles. The molecule has 6 heteroatoms. The third-order valence-electron chi connectivity index (χ3n) is 8.38. The summed E-state index contributed by atoms with van der Waals surface area (Å²) in [5.74, 6) is 2.74. The van der Waals surface area contributed by atoms with Crippen molar-refractivity contribution in [2.24, 2.45) is 23.5 Å². The van der Waals surface area contributed by atoms with Gasteiger partial charge in [-0.3, -0.25) is 4.79 Å². The van der Waals surface area contributed by atoms with Gasteiger partial charge in [-0.05, 0) is 97.4 Å². The van der Waals surface area contributed by atoms with Crippen molar-refractivity contribution in [3.8, 4) is 16.8 Å². The van der Waals surface area contributed by atoms with Gasteiger partial charge in [-0.2, -0.15) is 0 Å². The number of nitrogens with two attached hydrogens (primary N) is 1. The molecular formula is C32H35N5O. The van der Waals surface area contributed by atoms with Crippen LogP contribution in [0.5, 0.6) is 0 Å². The second kappa shape index (κ2) is 10.2. The molecule has 1 aliphatic carbocycles. The number of primary amides is 1. The van der Waals surface area contributed by atoms with Crippen LogP contribution in [0.15, 0.2) is 72.8 Å². The Morgan fingerprint density at radius 2 is 1.37 bits per heavy atom. The number of rotatable bonds is 7. The number of carbonyl (C=O) groups excluding carboxylic acids is 1. The van der Waals surface area contributed by atoms with Crippen LogP contribution in [0.1, 0.15) is 46.0 Å². The molecule has 1 unspecified atom stereocenters. The smallest absolute Gasteiger partial charge is 0.288 e. The van der Waals surface area contributed by atoms with E-state index in [0.29, 0.717) is 5.82 Å². The number of hydrogen-bond donors (Lipinski definition) is 1. The molecule has 6 nitrogen and oxygen atoms in total. The number of aryl methyl sites for hydroxylation is 1. The SMILES string of the molecule is Cc1nc(C(N)=O)nn1-c1ccc(Cc2ccc(-c3ccc(CC4C[C@@H]5CN(C)C[C@@H]5C4)cc3)cc2)cc1. The maximum atomic E-state index is 11.4. The summed E-state index contributed by atoms with van der Waals surface area (Å²) in [6.45, 7) is 4.40. The highest BCUT2D eigenvalue weighted by Gasteiger charge is 2.39. The summed E-state index contributed by atoms with van der Waals surface area (Å²) in [7, 11) is 2.27. The summed E-state index contributed by atoms with van der Waals surface area (Å²) in [4.78, 5) is 18.0. The van der Waals surface area contributed by atoms with Crippen molar-refractivity contribution in [3.63, 3.8) is 0 Å². The molecule has 38 heavy (non-hydrogen) atoms. The predicted molar refractivity (Wildman–Crippen MR) is 150 cm³/mol. The number of benzene rings is 3. The number of amides is 1. The van der Waals surface area contributed by atoms with Gasteiger partial charge in [0.05, 0.1) is 5.69 Å². The van der Waals surface area contributed by atoms with Gasteiger partial charge >= 0.3 is 0 Å². The molecule has 1 amide bonds. The van der Waals surface area contributed by atoms with Gasteiger partial charge < -0.3 is 10.6 Å². The molecule has 1 saturated heterocycles. The summed E-state index contributed by atoms with van der Waals surface area (Å²) < 4.78 is 1.64. The van der Waals surface area contributed by atoms with Crippen LogP contribution in [-0.2, 0) is 12.8 Å². The molecule has 2 N–H and O–H groups in total. The molecule has 0 spiro atoms. The minimum atomic E-state index is -0.623. The first-order valence-corrected chi connectivity index (χ1v) is 13.6. The third-order valence-corrected chi connectivity index (χ3v) is 8.38. The quantitative estimate of drug-likeness (QED) is 0.381. The van der Waals surface area contributed by atoms with Crippen LogP contribution in [0.4, 0.5) is 0 Å². The van der Waals surface area contributed by atoms with E-state index in [1.165, 1.54) is 60.2 Å². The Balaban J connectivity index is 1.06. The van der Waals surface area contributed by atoms with Crippen LogP contribution in [0.25, 0.3) is 16.8 Å². The Labute approximate surface area is 224 Å².